The van der Waals surface area contributed by atoms with Gasteiger partial charge in [-0.05, 0) is 157 Å². The molecule has 0 aliphatic rings. The molecule has 10 aromatic rings. The van der Waals surface area contributed by atoms with Gasteiger partial charge in [-0.15, -0.1) is 0 Å². The van der Waals surface area contributed by atoms with Gasteiger partial charge in [0.2, 0.25) is 123 Å². The maximum absolute atomic E-state index is 14.1. The third-order valence-electron chi connectivity index (χ3n) is 20.0. The third-order valence-corrected chi connectivity index (χ3v) is 31.2. The highest BCUT2D eigenvalue weighted by Crippen LogP contribution is 2.37. The first-order chi connectivity index (χ1) is 66.4. The zero-order chi connectivity index (χ0) is 104. The first-order valence-corrected chi connectivity index (χ1v) is 52.7. The van der Waals surface area contributed by atoms with Crippen molar-refractivity contribution < 1.29 is 124 Å². The summed E-state index contributed by atoms with van der Waals surface area (Å²) in [4.78, 5) is 115. The summed E-state index contributed by atoms with van der Waals surface area (Å²) in [5, 5.41) is 22.0. The first-order valence-electron chi connectivity index (χ1n) is 41.2. The number of nitrogens with two attached hydrogens (primary N) is 8. The normalized spacial score (nSPS) is 12.2. The molecule has 0 spiro atoms. The highest BCUT2D eigenvalue weighted by Gasteiger charge is 2.33. The molecule has 8 amide bonds. The molecule has 0 bridgehead atoms. The van der Waals surface area contributed by atoms with E-state index in [0.29, 0.717) is 0 Å². The van der Waals surface area contributed by atoms with Crippen LogP contribution >= 0.6 is 0 Å². The molecule has 0 aliphatic carbocycles. The fourth-order valence-electron chi connectivity index (χ4n) is 13.3. The summed E-state index contributed by atoms with van der Waals surface area (Å²) in [6, 6.07) is 32.1. The number of rotatable bonds is 55. The van der Waals surface area contributed by atoms with Gasteiger partial charge in [-0.3, -0.25) is 56.6 Å². The highest BCUT2D eigenvalue weighted by atomic mass is 32.2. The Balaban J connectivity index is 0.922. The lowest BCUT2D eigenvalue weighted by Gasteiger charge is -2.21. The summed E-state index contributed by atoms with van der Waals surface area (Å²) in [6.07, 6.45) is -4.57. The molecule has 2 aromatic heterocycles. The van der Waals surface area contributed by atoms with E-state index in [9.17, 15) is 124 Å². The van der Waals surface area contributed by atoms with Gasteiger partial charge in [-0.1, -0.05) is 36.4 Å². The first kappa shape index (κ1) is 109. The lowest BCUT2D eigenvalue weighted by atomic mass is 10.0. The van der Waals surface area contributed by atoms with Crippen LogP contribution in [0.3, 0.4) is 0 Å². The van der Waals surface area contributed by atoms with Crippen molar-refractivity contribution in [2.75, 3.05) is 94.9 Å². The van der Waals surface area contributed by atoms with Gasteiger partial charge in [0, 0.05) is 149 Å². The van der Waals surface area contributed by atoms with Gasteiger partial charge in [0.25, 0.3) is 40.5 Å². The number of carbonyl (C=O) groups is 8. The van der Waals surface area contributed by atoms with Gasteiger partial charge >= 0.3 is 0 Å². The molecule has 10 rings (SSSR count). The Labute approximate surface area is 811 Å². The van der Waals surface area contributed by atoms with Crippen molar-refractivity contribution in [3.05, 3.63) is 181 Å². The van der Waals surface area contributed by atoms with Crippen LogP contribution in [0.1, 0.15) is 62.5 Å². The van der Waals surface area contributed by atoms with Crippen molar-refractivity contribution in [3.63, 3.8) is 0 Å². The third kappa shape index (κ3) is 30.9. The van der Waals surface area contributed by atoms with E-state index in [1.807, 2.05) is 0 Å². The zero-order valence-corrected chi connectivity index (χ0v) is 80.4. The predicted molar refractivity (Wildman–Crippen MR) is 510 cm³/mol. The standard InChI is InChI=1S/C80H92N26O28S8/c81-67(107)23-31-103(32-24-68(82)108)135(115,116)57-9-1-5-49(39-57)91-75-97-76(92-50-6-2-10-58(40-50)136(117,118)104(33-25-69(83)109)34-26-70(84)110)100-79(99-75)95-55-19-21-61(65(45-55)141(129,130)131)89-53-17-15-47(63(43-53)139(123,124)125)13-14-48-16-18-54(44-64(48)140(126,127)128)90-62-22-20-56(46-66(62)142(132,133)134)96-80-101-77(93-51-7-3-11-59(41-51)137(119,120)105(35-27-71(85)111)36-28-72(86)112)98-78(102-80)94-52-8-4-12-60(42-52)138(121,122)106(37-29-73(87)113)38-30-74(88)114/h1-12,15-22,39-46,89-90H,13-14,23-38H2,(H2,81,107)(H2,82,108)(H2,83,109)(H2,84,110)(H2,85,111)(H2,86,112)(H2,87,113)(H2,88,114)(H,123,124,125)(H,126,127,128)(H,129,130,131)(H,132,133,134)(H3,91,92,95,97,99,100)(H3,93,94,96,98,101,102). The minimum Gasteiger partial charge on any atom is -0.370 e. The summed E-state index contributed by atoms with van der Waals surface area (Å²) in [5.74, 6) is -9.63. The number of amides is 8. The van der Waals surface area contributed by atoms with E-state index < -0.39 is 331 Å². The quantitative estimate of drug-likeness (QED) is 0.0241. The van der Waals surface area contributed by atoms with E-state index in [0.717, 1.165) is 90.0 Å². The average molecular weight is 2120 g/mol. The summed E-state index contributed by atoms with van der Waals surface area (Å²) < 4.78 is 265. The van der Waals surface area contributed by atoms with Crippen molar-refractivity contribution >= 4 is 220 Å². The number of primary amides is 8. The van der Waals surface area contributed by atoms with Crippen LogP contribution < -0.4 is 88.4 Å². The molecule has 0 saturated carbocycles. The van der Waals surface area contributed by atoms with Crippen molar-refractivity contribution in [1.29, 1.82) is 0 Å². The molecule has 0 unspecified atom stereocenters. The molecule has 758 valence electrons. The van der Waals surface area contributed by atoms with Crippen LogP contribution in [-0.4, -0.2) is 232 Å². The summed E-state index contributed by atoms with van der Waals surface area (Å²) in [5.41, 5.74) is 39.9. The number of aromatic nitrogens is 6. The van der Waals surface area contributed by atoms with Crippen molar-refractivity contribution in [2.45, 2.75) is 103 Å². The molecule has 142 heavy (non-hydrogen) atoms. The molecule has 62 heteroatoms. The summed E-state index contributed by atoms with van der Waals surface area (Å²) in [7, 11) is -39.4. The molecule has 0 radical (unpaired) electrons. The minimum absolute atomic E-state index is 0.0481. The van der Waals surface area contributed by atoms with Crippen molar-refractivity contribution in [2.24, 2.45) is 45.9 Å². The van der Waals surface area contributed by atoms with Gasteiger partial charge in [0.15, 0.2) is 0 Å². The van der Waals surface area contributed by atoms with Crippen LogP contribution in [0.2, 0.25) is 0 Å². The van der Waals surface area contributed by atoms with Gasteiger partial charge in [0.1, 0.15) is 9.79 Å². The SMILES string of the molecule is NC(=O)CCN(CCC(N)=O)S(=O)(=O)c1cccc(Nc2nc(Nc3cccc(S(=O)(=O)N(CCC(N)=O)CCC(N)=O)c3)nc(Nc3ccc(Nc4ccc(CCc5ccc(Nc6ccc(Nc7nc(Nc8cccc(S(=O)(=O)N(CCC(N)=O)CCC(N)=O)c8)nc(Nc8cccc(S(=O)(=O)N(CCC(N)=O)CCC(N)=O)c8)n7)cc6S(=O)(=O)O)cc5S(=O)(=O)O)c(S(=O)(=O)O)c4)c(S(=O)(=O)O)c3)n2)c1. The van der Waals surface area contributed by atoms with Crippen LogP contribution in [0.25, 0.3) is 0 Å². The Kier molecular flexibility index (Phi) is 35.5. The molecule has 0 aliphatic heterocycles. The smallest absolute Gasteiger partial charge is 0.296 e. The predicted octanol–water partition coefficient (Wildman–Crippen LogP) is 1.74. The number of sulfonamides is 4. The second kappa shape index (κ2) is 46.1. The van der Waals surface area contributed by atoms with Crippen LogP contribution in [0, 0.1) is 0 Å². The zero-order valence-electron chi connectivity index (χ0n) is 73.8. The largest absolute Gasteiger partial charge is 0.370 e. The van der Waals surface area contributed by atoms with E-state index >= 15 is 0 Å². The maximum Gasteiger partial charge on any atom is 0.296 e. The number of nitrogens with zero attached hydrogens (tertiary/aromatic N) is 10. The van der Waals surface area contributed by atoms with Crippen LogP contribution in [-0.2, 0) is 132 Å². The topological polar surface area (TPSA) is 885 Å². The number of nitrogens with one attached hydrogen (secondary N) is 8. The Morgan fingerprint density at radius 2 is 0.408 bits per heavy atom. The van der Waals surface area contributed by atoms with Gasteiger partial charge < -0.3 is 88.4 Å². The Hall–Kier alpha value is -14.8. The van der Waals surface area contributed by atoms with E-state index in [4.69, 9.17) is 45.9 Å². The van der Waals surface area contributed by atoms with E-state index in [1.165, 1.54) is 97.1 Å². The Morgan fingerprint density at radius 1 is 0.232 bits per heavy atom. The fourth-order valence-corrected chi connectivity index (χ4v) is 22.1. The molecule has 54 nitrogen and oxygen atoms in total. The Morgan fingerprint density at radius 3 is 0.599 bits per heavy atom. The summed E-state index contributed by atoms with van der Waals surface area (Å²) in [6.45, 7) is -3.67. The second-order valence-corrected chi connectivity index (χ2v) is 43.8. The van der Waals surface area contributed by atoms with Gasteiger partial charge in [0.05, 0.1) is 40.7 Å². The number of hydrogen-bond donors (Lipinski definition) is 20. The van der Waals surface area contributed by atoms with Crippen molar-refractivity contribution in [3.8, 4) is 0 Å². The molecule has 0 saturated heterocycles. The summed E-state index contributed by atoms with van der Waals surface area (Å²) >= 11 is 0. The van der Waals surface area contributed by atoms with Crippen LogP contribution in [0.4, 0.5) is 92.6 Å². The second-order valence-electron chi connectivity index (χ2n) is 30.5. The van der Waals surface area contributed by atoms with Gasteiger partial charge in [-0.2, -0.15) is 80.8 Å². The maximum atomic E-state index is 14.1. The van der Waals surface area contributed by atoms with Crippen molar-refractivity contribution in [1.82, 2.24) is 47.1 Å². The lowest BCUT2D eigenvalue weighted by molar-refractivity contribution is -0.119. The average Bonchev–Trinajstić information content (AvgIpc) is 0.778. The molecule has 28 N–H and O–H groups in total. The number of hydrogen-bond acceptors (Lipinski definition) is 38. The highest BCUT2D eigenvalue weighted by molar-refractivity contribution is 7.90. The number of anilines is 16. The monoisotopic (exact) mass is 2120 g/mol. The fraction of sp³-hybridized carbons (Fsp3) is 0.225. The number of carbonyl (C=O) groups excluding carboxylic acids is 8. The molecule has 0 fully saturated rings. The van der Waals surface area contributed by atoms with E-state index in [1.54, 1.807) is 0 Å². The van der Waals surface area contributed by atoms with Crippen LogP contribution in [0.15, 0.2) is 209 Å². The molecule has 0 atom stereocenters. The van der Waals surface area contributed by atoms with E-state index in [2.05, 4.69) is 72.4 Å². The molecule has 8 aromatic carbocycles. The van der Waals surface area contributed by atoms with E-state index in [-0.39, 0.29) is 56.6 Å². The Bertz CT molecular complexity index is 6790. The molecular weight excluding hydrogens is 2030 g/mol. The molecular formula is C80H92N26O28S8. The number of aryl methyl sites for hydroxylation is 2. The minimum atomic E-state index is -5.35. The number of benzene rings is 8. The van der Waals surface area contributed by atoms with Crippen LogP contribution in [0.5, 0.6) is 0 Å². The van der Waals surface area contributed by atoms with Gasteiger partial charge in [-0.25, -0.2) is 33.7 Å². The molecule has 2 heterocycles. The lowest BCUT2D eigenvalue weighted by Crippen LogP contribution is -2.36.